The number of carbonyl (C=O) groups excluding carboxylic acids is 2. The van der Waals surface area contributed by atoms with E-state index in [1.165, 1.54) is 0 Å². The molecule has 0 fully saturated rings. The second-order valence-corrected chi connectivity index (χ2v) is 6.80. The van der Waals surface area contributed by atoms with Gasteiger partial charge in [0.25, 0.3) is 5.91 Å². The third kappa shape index (κ3) is 7.08. The summed E-state index contributed by atoms with van der Waals surface area (Å²) >= 11 is 0. The van der Waals surface area contributed by atoms with E-state index in [2.05, 4.69) is 16.0 Å². The summed E-state index contributed by atoms with van der Waals surface area (Å²) in [6.45, 7) is 7.74. The van der Waals surface area contributed by atoms with Crippen LogP contribution >= 0.6 is 0 Å². The second kappa shape index (κ2) is 11.1. The Kier molecular flexibility index (Phi) is 8.55. The average Bonchev–Trinajstić information content (AvgIpc) is 3.21. The lowest BCUT2D eigenvalue weighted by molar-refractivity contribution is 0.0948. The quantitative estimate of drug-likeness (QED) is 0.584. The third-order valence-electron chi connectivity index (χ3n) is 4.27. The molecule has 3 N–H and O–H groups in total. The summed E-state index contributed by atoms with van der Waals surface area (Å²) in [5, 5.41) is 8.56. The van der Waals surface area contributed by atoms with Crippen LogP contribution in [0.25, 0.3) is 0 Å². The number of rotatable bonds is 10. The molecule has 2 rings (SSSR count). The van der Waals surface area contributed by atoms with Crippen LogP contribution in [-0.2, 0) is 17.8 Å². The number of urea groups is 1. The molecule has 0 saturated carbocycles. The number of carbonyl (C=O) groups is 2. The molecular formula is C21H29N3O4. The average molecular weight is 387 g/mol. The topological polar surface area (TPSA) is 92.6 Å². The number of nitrogens with one attached hydrogen (secondary N) is 3. The molecule has 2 aromatic rings. The minimum atomic E-state index is -0.258. The number of hydrogen-bond acceptors (Lipinski definition) is 4. The maximum atomic E-state index is 12.3. The smallest absolute Gasteiger partial charge is 0.315 e. The van der Waals surface area contributed by atoms with Crippen LogP contribution in [-0.4, -0.2) is 31.2 Å². The van der Waals surface area contributed by atoms with Crippen molar-refractivity contribution >= 4 is 11.9 Å². The van der Waals surface area contributed by atoms with Crippen molar-refractivity contribution in [1.29, 1.82) is 0 Å². The first-order chi connectivity index (χ1) is 13.5. The molecule has 1 aromatic heterocycles. The number of furan rings is 1. The molecule has 3 amide bonds. The summed E-state index contributed by atoms with van der Waals surface area (Å²) in [6, 6.07) is 10.4. The van der Waals surface area contributed by atoms with Gasteiger partial charge < -0.3 is 25.1 Å². The standard InChI is InChI=1S/C21H29N3O4/c1-4-27-14-19(15(2)3)24-21(26)23-12-16-7-5-8-17(11-16)20(25)22-13-18-9-6-10-28-18/h5-11,15,19H,4,12-14H2,1-3H3,(H,22,25)(H2,23,24,26)/t19-/m0/s1. The van der Waals surface area contributed by atoms with Crippen LogP contribution in [0.1, 0.15) is 42.5 Å². The van der Waals surface area contributed by atoms with E-state index in [1.54, 1.807) is 36.6 Å². The van der Waals surface area contributed by atoms with E-state index in [0.717, 1.165) is 5.56 Å². The predicted molar refractivity (Wildman–Crippen MR) is 107 cm³/mol. The Morgan fingerprint density at radius 1 is 1.11 bits per heavy atom. The zero-order valence-electron chi connectivity index (χ0n) is 16.7. The van der Waals surface area contributed by atoms with Gasteiger partial charge in [0.15, 0.2) is 0 Å². The number of amides is 3. The number of ether oxygens (including phenoxy) is 1. The van der Waals surface area contributed by atoms with Gasteiger partial charge in [-0.1, -0.05) is 26.0 Å². The minimum Gasteiger partial charge on any atom is -0.467 e. The van der Waals surface area contributed by atoms with E-state index in [-0.39, 0.29) is 23.9 Å². The van der Waals surface area contributed by atoms with Crippen LogP contribution in [0.5, 0.6) is 0 Å². The summed E-state index contributed by atoms with van der Waals surface area (Å²) in [6.07, 6.45) is 1.57. The van der Waals surface area contributed by atoms with Crippen molar-refractivity contribution in [3.05, 3.63) is 59.5 Å². The second-order valence-electron chi connectivity index (χ2n) is 6.80. The molecule has 1 atom stereocenters. The first-order valence-corrected chi connectivity index (χ1v) is 9.51. The molecule has 0 bridgehead atoms. The van der Waals surface area contributed by atoms with Gasteiger partial charge in [-0.3, -0.25) is 4.79 Å². The van der Waals surface area contributed by atoms with Crippen LogP contribution in [0.15, 0.2) is 47.1 Å². The predicted octanol–water partition coefficient (Wildman–Crippen LogP) is 3.07. The number of benzene rings is 1. The van der Waals surface area contributed by atoms with Gasteiger partial charge in [0.2, 0.25) is 0 Å². The summed E-state index contributed by atoms with van der Waals surface area (Å²) < 4.78 is 10.6. The molecule has 0 aliphatic heterocycles. The highest BCUT2D eigenvalue weighted by Gasteiger charge is 2.16. The van der Waals surface area contributed by atoms with E-state index < -0.39 is 0 Å². The zero-order chi connectivity index (χ0) is 20.4. The molecule has 1 aromatic carbocycles. The fraction of sp³-hybridized carbons (Fsp3) is 0.429. The lowest BCUT2D eigenvalue weighted by Crippen LogP contribution is -2.46. The third-order valence-corrected chi connectivity index (χ3v) is 4.27. The van der Waals surface area contributed by atoms with Gasteiger partial charge in [-0.15, -0.1) is 0 Å². The monoisotopic (exact) mass is 387 g/mol. The van der Waals surface area contributed by atoms with E-state index >= 15 is 0 Å². The van der Waals surface area contributed by atoms with Crippen LogP contribution in [0, 0.1) is 5.92 Å². The van der Waals surface area contributed by atoms with Crippen molar-refractivity contribution < 1.29 is 18.7 Å². The molecule has 0 aliphatic carbocycles. The number of hydrogen-bond donors (Lipinski definition) is 3. The highest BCUT2D eigenvalue weighted by molar-refractivity contribution is 5.94. The summed E-state index contributed by atoms with van der Waals surface area (Å²) in [7, 11) is 0. The van der Waals surface area contributed by atoms with Gasteiger partial charge in [0.1, 0.15) is 5.76 Å². The van der Waals surface area contributed by atoms with Crippen LogP contribution in [0.2, 0.25) is 0 Å². The Balaban J connectivity index is 1.84. The van der Waals surface area contributed by atoms with Gasteiger partial charge in [-0.2, -0.15) is 0 Å². The van der Waals surface area contributed by atoms with E-state index in [1.807, 2.05) is 26.8 Å². The van der Waals surface area contributed by atoms with Crippen molar-refractivity contribution in [3.63, 3.8) is 0 Å². The first kappa shape index (κ1) is 21.5. The summed E-state index contributed by atoms with van der Waals surface area (Å²) in [5.74, 6) is 0.757. The van der Waals surface area contributed by atoms with Gasteiger partial charge in [-0.25, -0.2) is 4.79 Å². The molecule has 0 radical (unpaired) electrons. The minimum absolute atomic E-state index is 0.0568. The first-order valence-electron chi connectivity index (χ1n) is 9.51. The zero-order valence-corrected chi connectivity index (χ0v) is 16.7. The summed E-state index contributed by atoms with van der Waals surface area (Å²) in [5.41, 5.74) is 1.37. The Morgan fingerprint density at radius 3 is 2.61 bits per heavy atom. The van der Waals surface area contributed by atoms with Crippen molar-refractivity contribution in [2.45, 2.75) is 39.9 Å². The van der Waals surface area contributed by atoms with Crippen LogP contribution in [0.3, 0.4) is 0 Å². The lowest BCUT2D eigenvalue weighted by Gasteiger charge is -2.22. The normalized spacial score (nSPS) is 11.9. The van der Waals surface area contributed by atoms with E-state index in [0.29, 0.717) is 37.6 Å². The van der Waals surface area contributed by atoms with E-state index in [9.17, 15) is 9.59 Å². The largest absolute Gasteiger partial charge is 0.467 e. The Morgan fingerprint density at radius 2 is 1.93 bits per heavy atom. The molecule has 0 unspecified atom stereocenters. The van der Waals surface area contributed by atoms with Crippen LogP contribution < -0.4 is 16.0 Å². The summed E-state index contributed by atoms with van der Waals surface area (Å²) in [4.78, 5) is 24.5. The highest BCUT2D eigenvalue weighted by Crippen LogP contribution is 2.07. The van der Waals surface area contributed by atoms with Crippen molar-refractivity contribution in [2.24, 2.45) is 5.92 Å². The lowest BCUT2D eigenvalue weighted by atomic mass is 10.1. The van der Waals surface area contributed by atoms with Gasteiger partial charge in [0.05, 0.1) is 25.5 Å². The molecule has 0 saturated heterocycles. The van der Waals surface area contributed by atoms with Crippen LogP contribution in [0.4, 0.5) is 4.79 Å². The molecule has 0 spiro atoms. The molecule has 0 aliphatic rings. The molecule has 7 heteroatoms. The van der Waals surface area contributed by atoms with Gasteiger partial charge in [-0.05, 0) is 42.7 Å². The van der Waals surface area contributed by atoms with Gasteiger partial charge in [0, 0.05) is 18.7 Å². The van der Waals surface area contributed by atoms with Crippen molar-refractivity contribution in [2.75, 3.05) is 13.2 Å². The molecule has 1 heterocycles. The fourth-order valence-corrected chi connectivity index (χ4v) is 2.55. The maximum Gasteiger partial charge on any atom is 0.315 e. The van der Waals surface area contributed by atoms with Crippen molar-refractivity contribution in [1.82, 2.24) is 16.0 Å². The van der Waals surface area contributed by atoms with Crippen molar-refractivity contribution in [3.8, 4) is 0 Å². The molecule has 152 valence electrons. The van der Waals surface area contributed by atoms with Gasteiger partial charge >= 0.3 is 6.03 Å². The molecule has 7 nitrogen and oxygen atoms in total. The fourth-order valence-electron chi connectivity index (χ4n) is 2.55. The maximum absolute atomic E-state index is 12.3. The SMILES string of the molecule is CCOC[C@H](NC(=O)NCc1cccc(C(=O)NCc2ccco2)c1)C(C)C. The Bertz CT molecular complexity index is 744. The molecular weight excluding hydrogens is 358 g/mol. The molecule has 28 heavy (non-hydrogen) atoms. The Labute approximate surface area is 165 Å². The van der Waals surface area contributed by atoms with E-state index in [4.69, 9.17) is 9.15 Å². The Hall–Kier alpha value is -2.80. The highest BCUT2D eigenvalue weighted by atomic mass is 16.5.